The highest BCUT2D eigenvalue weighted by Gasteiger charge is 2.64. The normalized spacial score (nSPS) is 22.3. The van der Waals surface area contributed by atoms with Crippen LogP contribution < -0.4 is 4.90 Å². The fraction of sp³-hybridized carbons (Fsp3) is 0.0968. The molecule has 13 rings (SSSR count). The molecule has 8 aromatic carbocycles. The molecular weight excluding hydrogens is 773 g/mol. The first-order chi connectivity index (χ1) is 31.8. The summed E-state index contributed by atoms with van der Waals surface area (Å²) in [4.78, 5) is 2.53. The number of allylic oxidation sites excluding steroid dienone is 8. The van der Waals surface area contributed by atoms with E-state index in [1.807, 2.05) is 0 Å². The average molecular weight is 819 g/mol. The molecule has 0 bridgehead atoms. The maximum Gasteiger partial charge on any atom is 0.0561 e. The van der Waals surface area contributed by atoms with Crippen molar-refractivity contribution in [3.8, 4) is 16.8 Å². The SMILES string of the molecule is C1=CCC(C23c4ccccc4-c4cccc(c42)C(c2ccccc2)(c2ccccc2N(c2ccccc2)c2ccc4c5ccccc5n(-c5ccccc5)c4c2)C2C=CC=CC23)C=C1. The van der Waals surface area contributed by atoms with Gasteiger partial charge in [0.25, 0.3) is 0 Å². The van der Waals surface area contributed by atoms with Gasteiger partial charge in [0.05, 0.1) is 22.1 Å². The highest BCUT2D eigenvalue weighted by molar-refractivity contribution is 6.10. The molecule has 0 fully saturated rings. The highest BCUT2D eigenvalue weighted by atomic mass is 15.1. The fourth-order valence-electron chi connectivity index (χ4n) is 12.8. The van der Waals surface area contributed by atoms with Crippen LogP contribution in [0.3, 0.4) is 0 Å². The number of benzene rings is 8. The van der Waals surface area contributed by atoms with Gasteiger partial charge in [-0.3, -0.25) is 0 Å². The number of hydrogen-bond acceptors (Lipinski definition) is 1. The van der Waals surface area contributed by atoms with Crippen LogP contribution in [0.25, 0.3) is 38.6 Å². The van der Waals surface area contributed by atoms with Crippen LogP contribution in [0.5, 0.6) is 0 Å². The van der Waals surface area contributed by atoms with Crippen molar-refractivity contribution in [1.82, 2.24) is 4.57 Å². The second-order valence-electron chi connectivity index (χ2n) is 17.9. The largest absolute Gasteiger partial charge is 0.310 e. The Morgan fingerprint density at radius 3 is 1.91 bits per heavy atom. The van der Waals surface area contributed by atoms with Crippen molar-refractivity contribution in [2.24, 2.45) is 17.8 Å². The quantitative estimate of drug-likeness (QED) is 0.156. The van der Waals surface area contributed by atoms with E-state index in [1.165, 1.54) is 66.4 Å². The standard InChI is InChI=1S/C62H46N2/c1-5-22-43(23-6-1)61(53-34-16-17-35-54(53)62(44-24-7-2-8-25-44)52-33-15-13-30-48(52)51-32-21-37-56(61)60(51)62)55-36-18-20-39-58(55)63(45-26-9-3-10-27-45)47-40-41-50-49-31-14-19-38-57(49)64(59(50)42-47)46-28-11-4-12-29-46/h1-24,26-42,44,53-54H,25H2. The predicted octanol–water partition coefficient (Wildman–Crippen LogP) is 15.4. The van der Waals surface area contributed by atoms with Gasteiger partial charge in [0.1, 0.15) is 0 Å². The summed E-state index contributed by atoms with van der Waals surface area (Å²) in [5, 5.41) is 2.49. The highest BCUT2D eigenvalue weighted by Crippen LogP contribution is 2.70. The van der Waals surface area contributed by atoms with Gasteiger partial charge in [-0.25, -0.2) is 0 Å². The lowest BCUT2D eigenvalue weighted by molar-refractivity contribution is 0.181. The van der Waals surface area contributed by atoms with E-state index in [1.54, 1.807) is 0 Å². The summed E-state index contributed by atoms with van der Waals surface area (Å²) in [6, 6.07) is 75.0. The molecule has 0 N–H and O–H groups in total. The number of aromatic nitrogens is 1. The zero-order valence-electron chi connectivity index (χ0n) is 35.5. The molecule has 0 saturated carbocycles. The summed E-state index contributed by atoms with van der Waals surface area (Å²) < 4.78 is 2.43. The van der Waals surface area contributed by atoms with Crippen LogP contribution in [-0.4, -0.2) is 4.57 Å². The van der Waals surface area contributed by atoms with E-state index in [-0.39, 0.29) is 23.2 Å². The molecule has 304 valence electrons. The molecule has 0 radical (unpaired) electrons. The first-order valence-corrected chi connectivity index (χ1v) is 22.8. The van der Waals surface area contributed by atoms with E-state index in [0.717, 1.165) is 23.5 Å². The Hall–Kier alpha value is -7.68. The van der Waals surface area contributed by atoms with Crippen LogP contribution in [0.15, 0.2) is 249 Å². The molecule has 0 spiro atoms. The molecule has 4 aliphatic carbocycles. The first-order valence-electron chi connectivity index (χ1n) is 22.8. The van der Waals surface area contributed by atoms with Gasteiger partial charge in [0, 0.05) is 39.2 Å². The van der Waals surface area contributed by atoms with Gasteiger partial charge in [-0.2, -0.15) is 0 Å². The van der Waals surface area contributed by atoms with Crippen LogP contribution in [0, 0.1) is 17.8 Å². The second-order valence-corrected chi connectivity index (χ2v) is 17.9. The Balaban J connectivity index is 1.14. The molecule has 2 nitrogen and oxygen atoms in total. The van der Waals surface area contributed by atoms with Crippen LogP contribution in [0.1, 0.15) is 34.2 Å². The lowest BCUT2D eigenvalue weighted by atomic mass is 9.43. The van der Waals surface area contributed by atoms with Gasteiger partial charge in [-0.1, -0.05) is 200 Å². The van der Waals surface area contributed by atoms with Crippen LogP contribution >= 0.6 is 0 Å². The van der Waals surface area contributed by atoms with Gasteiger partial charge < -0.3 is 9.47 Å². The molecular formula is C62H46N2. The van der Waals surface area contributed by atoms with Gasteiger partial charge in [0.15, 0.2) is 0 Å². The monoisotopic (exact) mass is 818 g/mol. The third kappa shape index (κ3) is 5.02. The molecule has 2 heteroatoms. The number of para-hydroxylation sites is 4. The summed E-state index contributed by atoms with van der Waals surface area (Å²) in [6.45, 7) is 0. The Kier molecular flexibility index (Phi) is 8.33. The molecule has 5 unspecified atom stereocenters. The maximum absolute atomic E-state index is 2.57. The average Bonchev–Trinajstić information content (AvgIpc) is 3.87. The molecule has 5 atom stereocenters. The maximum atomic E-state index is 2.57. The van der Waals surface area contributed by atoms with Gasteiger partial charge in [-0.05, 0) is 106 Å². The Morgan fingerprint density at radius 2 is 1.09 bits per heavy atom. The summed E-state index contributed by atoms with van der Waals surface area (Å²) in [7, 11) is 0. The number of anilines is 3. The van der Waals surface area contributed by atoms with Crippen LogP contribution in [-0.2, 0) is 10.8 Å². The van der Waals surface area contributed by atoms with Crippen molar-refractivity contribution in [1.29, 1.82) is 0 Å². The van der Waals surface area contributed by atoms with E-state index in [4.69, 9.17) is 0 Å². The van der Waals surface area contributed by atoms with Crippen molar-refractivity contribution in [2.75, 3.05) is 4.90 Å². The smallest absolute Gasteiger partial charge is 0.0561 e. The lowest BCUT2D eigenvalue weighted by Gasteiger charge is -2.59. The minimum Gasteiger partial charge on any atom is -0.310 e. The van der Waals surface area contributed by atoms with Gasteiger partial charge in [0.2, 0.25) is 0 Å². The van der Waals surface area contributed by atoms with E-state index < -0.39 is 5.41 Å². The molecule has 0 aliphatic heterocycles. The molecule has 4 aliphatic rings. The zero-order valence-corrected chi connectivity index (χ0v) is 35.5. The molecule has 0 saturated heterocycles. The third-order valence-corrected chi connectivity index (χ3v) is 15.0. The summed E-state index contributed by atoms with van der Waals surface area (Å²) >= 11 is 0. The predicted molar refractivity (Wildman–Crippen MR) is 266 cm³/mol. The summed E-state index contributed by atoms with van der Waals surface area (Å²) in [6.07, 6.45) is 20.2. The van der Waals surface area contributed by atoms with Crippen molar-refractivity contribution in [3.63, 3.8) is 0 Å². The van der Waals surface area contributed by atoms with Crippen molar-refractivity contribution in [2.45, 2.75) is 17.3 Å². The van der Waals surface area contributed by atoms with Gasteiger partial charge >= 0.3 is 0 Å². The van der Waals surface area contributed by atoms with Crippen molar-refractivity contribution >= 4 is 38.9 Å². The lowest BCUT2D eigenvalue weighted by Crippen LogP contribution is -2.56. The molecule has 64 heavy (non-hydrogen) atoms. The number of nitrogens with zero attached hydrogens (tertiary/aromatic N) is 2. The van der Waals surface area contributed by atoms with E-state index >= 15 is 0 Å². The van der Waals surface area contributed by atoms with Crippen molar-refractivity contribution < 1.29 is 0 Å². The van der Waals surface area contributed by atoms with E-state index in [2.05, 4.69) is 258 Å². The Morgan fingerprint density at radius 1 is 0.453 bits per heavy atom. The van der Waals surface area contributed by atoms with E-state index in [9.17, 15) is 0 Å². The first kappa shape index (κ1) is 36.9. The Labute approximate surface area is 375 Å². The molecule has 0 amide bonds. The topological polar surface area (TPSA) is 8.17 Å². The van der Waals surface area contributed by atoms with Crippen molar-refractivity contribution in [3.05, 3.63) is 277 Å². The minimum atomic E-state index is -0.578. The van der Waals surface area contributed by atoms with Gasteiger partial charge in [-0.15, -0.1) is 0 Å². The zero-order chi connectivity index (χ0) is 42.2. The third-order valence-electron chi connectivity index (χ3n) is 15.0. The second kappa shape index (κ2) is 14.4. The molecule has 9 aromatic rings. The summed E-state index contributed by atoms with van der Waals surface area (Å²) in [5.74, 6) is 0.528. The Bertz CT molecular complexity index is 3390. The number of hydrogen-bond donors (Lipinski definition) is 0. The fourth-order valence-corrected chi connectivity index (χ4v) is 12.8. The number of fused-ring (bicyclic) bond motifs is 8. The van der Waals surface area contributed by atoms with Crippen LogP contribution in [0.2, 0.25) is 0 Å². The number of rotatable bonds is 7. The van der Waals surface area contributed by atoms with E-state index in [0.29, 0.717) is 0 Å². The molecule has 1 aromatic heterocycles. The van der Waals surface area contributed by atoms with Crippen LogP contribution in [0.4, 0.5) is 17.1 Å². The summed E-state index contributed by atoms with van der Waals surface area (Å²) in [5.41, 5.74) is 15.8. The molecule has 1 heterocycles. The minimum absolute atomic E-state index is 0.0787.